The smallest absolute Gasteiger partial charge is 0.267 e. The van der Waals surface area contributed by atoms with Gasteiger partial charge in [0.15, 0.2) is 0 Å². The predicted octanol–water partition coefficient (Wildman–Crippen LogP) is 1.17. The number of hydrogen-bond donors (Lipinski definition) is 1. The van der Waals surface area contributed by atoms with Crippen LogP contribution >= 0.6 is 11.6 Å². The fourth-order valence-corrected chi connectivity index (χ4v) is 1.50. The van der Waals surface area contributed by atoms with Crippen LogP contribution in [-0.2, 0) is 10.0 Å². The molecule has 0 saturated carbocycles. The number of sulfonamides is 1. The van der Waals surface area contributed by atoms with Gasteiger partial charge in [-0.2, -0.15) is 0 Å². The highest BCUT2D eigenvalue weighted by Gasteiger charge is 2.15. The lowest BCUT2D eigenvalue weighted by Gasteiger charge is -2.03. The number of halogens is 2. The number of hydrogen-bond acceptors (Lipinski definition) is 3. The van der Waals surface area contributed by atoms with E-state index in [0.29, 0.717) is 0 Å². The SMILES string of the molecule is CS(=O)(=O)NC(=O)c1ccc(Cl)cc1F. The van der Waals surface area contributed by atoms with Gasteiger partial charge in [-0.3, -0.25) is 4.79 Å². The molecule has 0 fully saturated rings. The summed E-state index contributed by atoms with van der Waals surface area (Å²) in [4.78, 5) is 11.2. The zero-order valence-corrected chi connectivity index (χ0v) is 9.19. The minimum atomic E-state index is -3.70. The lowest BCUT2D eigenvalue weighted by atomic mass is 10.2. The van der Waals surface area contributed by atoms with Gasteiger partial charge in [0.2, 0.25) is 10.0 Å². The molecule has 82 valence electrons. The van der Waals surface area contributed by atoms with Gasteiger partial charge in [-0.15, -0.1) is 0 Å². The Balaban J connectivity index is 3.02. The second-order valence-electron chi connectivity index (χ2n) is 2.83. The van der Waals surface area contributed by atoms with E-state index in [-0.39, 0.29) is 10.6 Å². The van der Waals surface area contributed by atoms with Crippen LogP contribution in [-0.4, -0.2) is 20.6 Å². The van der Waals surface area contributed by atoms with E-state index in [4.69, 9.17) is 11.6 Å². The van der Waals surface area contributed by atoms with Crippen LogP contribution in [0.15, 0.2) is 18.2 Å². The lowest BCUT2D eigenvalue weighted by Crippen LogP contribution is -2.29. The van der Waals surface area contributed by atoms with Crippen molar-refractivity contribution in [2.45, 2.75) is 0 Å². The minimum Gasteiger partial charge on any atom is -0.268 e. The van der Waals surface area contributed by atoms with Crippen molar-refractivity contribution in [2.75, 3.05) is 6.26 Å². The van der Waals surface area contributed by atoms with Crippen LogP contribution in [0.4, 0.5) is 4.39 Å². The van der Waals surface area contributed by atoms with Crippen LogP contribution < -0.4 is 4.72 Å². The number of rotatable bonds is 2. The topological polar surface area (TPSA) is 63.2 Å². The molecule has 1 aromatic carbocycles. The van der Waals surface area contributed by atoms with Crippen LogP contribution in [0.1, 0.15) is 10.4 Å². The number of nitrogens with one attached hydrogen (secondary N) is 1. The highest BCUT2D eigenvalue weighted by Crippen LogP contribution is 2.14. The van der Waals surface area contributed by atoms with Gasteiger partial charge in [-0.1, -0.05) is 11.6 Å². The largest absolute Gasteiger partial charge is 0.268 e. The van der Waals surface area contributed by atoms with Crippen molar-refractivity contribution in [3.8, 4) is 0 Å². The van der Waals surface area contributed by atoms with E-state index in [0.717, 1.165) is 18.4 Å². The van der Waals surface area contributed by atoms with Crippen molar-refractivity contribution in [1.29, 1.82) is 0 Å². The van der Waals surface area contributed by atoms with Crippen LogP contribution in [0.25, 0.3) is 0 Å². The highest BCUT2D eigenvalue weighted by atomic mass is 35.5. The summed E-state index contributed by atoms with van der Waals surface area (Å²) in [6.45, 7) is 0. The van der Waals surface area contributed by atoms with Crippen LogP contribution in [0.5, 0.6) is 0 Å². The molecule has 7 heteroatoms. The first-order chi connectivity index (χ1) is 6.79. The first kappa shape index (κ1) is 11.9. The second kappa shape index (κ2) is 4.16. The maximum absolute atomic E-state index is 13.1. The molecule has 0 aliphatic heterocycles. The summed E-state index contributed by atoms with van der Waals surface area (Å²) in [7, 11) is -3.70. The normalized spacial score (nSPS) is 11.1. The molecule has 1 N–H and O–H groups in total. The molecule has 4 nitrogen and oxygen atoms in total. The van der Waals surface area contributed by atoms with E-state index >= 15 is 0 Å². The summed E-state index contributed by atoms with van der Waals surface area (Å²) >= 11 is 5.46. The monoisotopic (exact) mass is 251 g/mol. The molecule has 1 rings (SSSR count). The fraction of sp³-hybridized carbons (Fsp3) is 0.125. The molecule has 0 bridgehead atoms. The van der Waals surface area contributed by atoms with Gasteiger partial charge in [-0.25, -0.2) is 17.5 Å². The Morgan fingerprint density at radius 1 is 1.47 bits per heavy atom. The first-order valence-electron chi connectivity index (χ1n) is 3.77. The van der Waals surface area contributed by atoms with Crippen LogP contribution in [0.3, 0.4) is 0 Å². The number of carbonyl (C=O) groups excluding carboxylic acids is 1. The first-order valence-corrected chi connectivity index (χ1v) is 6.04. The van der Waals surface area contributed by atoms with Gasteiger partial charge in [0.1, 0.15) is 5.82 Å². The van der Waals surface area contributed by atoms with Gasteiger partial charge < -0.3 is 0 Å². The van der Waals surface area contributed by atoms with Crippen molar-refractivity contribution < 1.29 is 17.6 Å². The molecule has 0 heterocycles. The minimum absolute atomic E-state index is 0.128. The summed E-state index contributed by atoms with van der Waals surface area (Å²) < 4.78 is 36.2. The van der Waals surface area contributed by atoms with Gasteiger partial charge in [0.05, 0.1) is 11.8 Å². The molecule has 0 unspecified atom stereocenters. The molecular formula is C8H7ClFNO3S. The van der Waals surface area contributed by atoms with Gasteiger partial charge >= 0.3 is 0 Å². The Labute approximate surface area is 91.1 Å². The predicted molar refractivity (Wildman–Crippen MR) is 53.7 cm³/mol. The van der Waals surface area contributed by atoms with Crippen molar-refractivity contribution in [1.82, 2.24) is 4.72 Å². The summed E-state index contributed by atoms with van der Waals surface area (Å²) in [6, 6.07) is 3.33. The van der Waals surface area contributed by atoms with Crippen molar-refractivity contribution >= 4 is 27.5 Å². The van der Waals surface area contributed by atoms with Gasteiger partial charge in [0.25, 0.3) is 5.91 Å². The van der Waals surface area contributed by atoms with Crippen LogP contribution in [0, 0.1) is 5.82 Å². The quantitative estimate of drug-likeness (QED) is 0.858. The fourth-order valence-electron chi connectivity index (χ4n) is 0.897. The number of amides is 1. The Bertz CT molecular complexity index is 501. The lowest BCUT2D eigenvalue weighted by molar-refractivity contribution is 0.0978. The zero-order chi connectivity index (χ0) is 11.6. The Morgan fingerprint density at radius 2 is 2.07 bits per heavy atom. The summed E-state index contributed by atoms with van der Waals surface area (Å²) in [5.74, 6) is -1.89. The summed E-state index contributed by atoms with van der Waals surface area (Å²) in [6.07, 6.45) is 0.804. The molecule has 0 aliphatic carbocycles. The molecule has 0 radical (unpaired) electrons. The third kappa shape index (κ3) is 3.49. The maximum atomic E-state index is 13.1. The van der Waals surface area contributed by atoms with E-state index in [1.165, 1.54) is 6.07 Å². The van der Waals surface area contributed by atoms with E-state index in [1.807, 2.05) is 0 Å². The number of benzene rings is 1. The molecule has 15 heavy (non-hydrogen) atoms. The molecule has 1 aromatic rings. The standard InChI is InChI=1S/C8H7ClFNO3S/c1-15(13,14)11-8(12)6-3-2-5(9)4-7(6)10/h2-4H,1H3,(H,11,12). The molecule has 0 saturated heterocycles. The molecule has 0 spiro atoms. The Kier molecular flexibility index (Phi) is 3.31. The van der Waals surface area contributed by atoms with Crippen molar-refractivity contribution in [3.05, 3.63) is 34.6 Å². The van der Waals surface area contributed by atoms with Crippen molar-refractivity contribution in [2.24, 2.45) is 0 Å². The molecule has 0 aromatic heterocycles. The second-order valence-corrected chi connectivity index (χ2v) is 5.01. The molecule has 0 aliphatic rings. The maximum Gasteiger partial charge on any atom is 0.267 e. The average Bonchev–Trinajstić information content (AvgIpc) is 1.99. The summed E-state index contributed by atoms with van der Waals surface area (Å²) in [5.41, 5.74) is -0.371. The molecule has 1 amide bonds. The zero-order valence-electron chi connectivity index (χ0n) is 7.62. The average molecular weight is 252 g/mol. The third-order valence-electron chi connectivity index (χ3n) is 1.45. The van der Waals surface area contributed by atoms with E-state index < -0.39 is 21.7 Å². The third-order valence-corrected chi connectivity index (χ3v) is 2.25. The number of carbonyl (C=O) groups is 1. The van der Waals surface area contributed by atoms with Crippen LogP contribution in [0.2, 0.25) is 5.02 Å². The molecular weight excluding hydrogens is 245 g/mol. The summed E-state index contributed by atoms with van der Waals surface area (Å²) in [5, 5.41) is 0.128. The van der Waals surface area contributed by atoms with Crippen molar-refractivity contribution in [3.63, 3.8) is 0 Å². The van der Waals surface area contributed by atoms with E-state index in [2.05, 4.69) is 0 Å². The van der Waals surface area contributed by atoms with E-state index in [9.17, 15) is 17.6 Å². The van der Waals surface area contributed by atoms with Gasteiger partial charge in [0, 0.05) is 5.02 Å². The highest BCUT2D eigenvalue weighted by molar-refractivity contribution is 7.89. The van der Waals surface area contributed by atoms with E-state index in [1.54, 1.807) is 4.72 Å². The molecule has 0 atom stereocenters. The van der Waals surface area contributed by atoms with Gasteiger partial charge in [-0.05, 0) is 18.2 Å². The Hall–Kier alpha value is -1.14. The Morgan fingerprint density at radius 3 is 2.53 bits per heavy atom.